The number of rotatable bonds is 2. The van der Waals surface area contributed by atoms with Crippen LogP contribution in [0.5, 0.6) is 0 Å². The third-order valence-corrected chi connectivity index (χ3v) is 3.74. The van der Waals surface area contributed by atoms with Gasteiger partial charge in [-0.25, -0.2) is 0 Å². The van der Waals surface area contributed by atoms with Crippen LogP contribution in [0, 0.1) is 5.92 Å². The highest BCUT2D eigenvalue weighted by molar-refractivity contribution is 5.02. The Bertz CT molecular complexity index is 342. The highest BCUT2D eigenvalue weighted by atomic mass is 15.2. The number of nitrogens with one attached hydrogen (secondary N) is 1. The molecule has 15 heavy (non-hydrogen) atoms. The van der Waals surface area contributed by atoms with Gasteiger partial charge in [0.05, 0.1) is 0 Å². The fourth-order valence-electron chi connectivity index (χ4n) is 2.70. The van der Waals surface area contributed by atoms with E-state index in [0.717, 1.165) is 18.5 Å². The van der Waals surface area contributed by atoms with Crippen molar-refractivity contribution < 1.29 is 0 Å². The van der Waals surface area contributed by atoms with E-state index in [2.05, 4.69) is 20.1 Å². The second kappa shape index (κ2) is 3.59. The molecule has 1 saturated carbocycles. The van der Waals surface area contributed by atoms with E-state index in [4.69, 9.17) is 0 Å². The third kappa shape index (κ3) is 1.78. The first-order valence-corrected chi connectivity index (χ1v) is 5.92. The molecule has 1 saturated heterocycles. The lowest BCUT2D eigenvalue weighted by Gasteiger charge is -2.29. The summed E-state index contributed by atoms with van der Waals surface area (Å²) in [5, 5.41) is 11.8. The van der Waals surface area contributed by atoms with E-state index in [1.165, 1.54) is 31.5 Å². The summed E-state index contributed by atoms with van der Waals surface area (Å²) in [4.78, 5) is 0. The first-order valence-electron chi connectivity index (χ1n) is 5.92. The van der Waals surface area contributed by atoms with Crippen molar-refractivity contribution in [2.24, 2.45) is 13.0 Å². The summed E-state index contributed by atoms with van der Waals surface area (Å²) in [6.45, 7) is 1.14. The smallest absolute Gasteiger partial charge is 0.135 e. The minimum atomic E-state index is 0.615. The molecule has 1 N–H and O–H groups in total. The van der Waals surface area contributed by atoms with Crippen molar-refractivity contribution >= 4 is 0 Å². The molecule has 4 nitrogen and oxygen atoms in total. The standard InChI is InChI=1S/C11H18N4/c1-15-7-13-14-11(15)9-4-5-12-10(6-9)8-2-3-8/h7-10,12H,2-6H2,1H3/t9-,10+/m1/s1. The van der Waals surface area contributed by atoms with E-state index < -0.39 is 0 Å². The quantitative estimate of drug-likeness (QED) is 0.787. The lowest BCUT2D eigenvalue weighted by molar-refractivity contribution is 0.323. The van der Waals surface area contributed by atoms with Gasteiger partial charge in [0.1, 0.15) is 12.2 Å². The predicted molar refractivity (Wildman–Crippen MR) is 57.5 cm³/mol. The highest BCUT2D eigenvalue weighted by Gasteiger charge is 2.35. The van der Waals surface area contributed by atoms with Gasteiger partial charge in [-0.05, 0) is 38.1 Å². The zero-order valence-electron chi connectivity index (χ0n) is 9.19. The summed E-state index contributed by atoms with van der Waals surface area (Å²) in [6, 6.07) is 0.737. The van der Waals surface area contributed by atoms with Crippen LogP contribution in [0.2, 0.25) is 0 Å². The van der Waals surface area contributed by atoms with E-state index in [0.29, 0.717) is 5.92 Å². The van der Waals surface area contributed by atoms with Gasteiger partial charge >= 0.3 is 0 Å². The van der Waals surface area contributed by atoms with E-state index in [-0.39, 0.29) is 0 Å². The van der Waals surface area contributed by atoms with E-state index in [1.54, 1.807) is 0 Å². The topological polar surface area (TPSA) is 42.7 Å². The first-order chi connectivity index (χ1) is 7.34. The van der Waals surface area contributed by atoms with Gasteiger partial charge in [-0.15, -0.1) is 10.2 Å². The van der Waals surface area contributed by atoms with Crippen LogP contribution in [-0.4, -0.2) is 27.4 Å². The number of hydrogen-bond donors (Lipinski definition) is 1. The van der Waals surface area contributed by atoms with Crippen LogP contribution < -0.4 is 5.32 Å². The van der Waals surface area contributed by atoms with Crippen molar-refractivity contribution in [3.8, 4) is 0 Å². The maximum absolute atomic E-state index is 4.24. The molecular formula is C11H18N4. The van der Waals surface area contributed by atoms with Gasteiger partial charge in [0.2, 0.25) is 0 Å². The number of hydrogen-bond acceptors (Lipinski definition) is 3. The zero-order chi connectivity index (χ0) is 10.3. The molecule has 3 rings (SSSR count). The molecule has 0 bridgehead atoms. The molecule has 82 valence electrons. The Kier molecular flexibility index (Phi) is 2.24. The van der Waals surface area contributed by atoms with E-state index in [9.17, 15) is 0 Å². The van der Waals surface area contributed by atoms with E-state index >= 15 is 0 Å². The lowest BCUT2D eigenvalue weighted by atomic mass is 9.89. The zero-order valence-corrected chi connectivity index (χ0v) is 9.19. The molecule has 0 spiro atoms. The Labute approximate surface area is 90.1 Å². The predicted octanol–water partition coefficient (Wildman–Crippen LogP) is 1.06. The molecule has 1 aliphatic carbocycles. The molecule has 0 amide bonds. The molecule has 0 aromatic carbocycles. The van der Waals surface area contributed by atoms with Crippen molar-refractivity contribution in [2.45, 2.75) is 37.6 Å². The van der Waals surface area contributed by atoms with Gasteiger partial charge < -0.3 is 9.88 Å². The molecule has 1 aromatic rings. The fraction of sp³-hybridized carbons (Fsp3) is 0.818. The number of piperidine rings is 1. The molecule has 2 fully saturated rings. The summed E-state index contributed by atoms with van der Waals surface area (Å²) in [7, 11) is 2.05. The number of aromatic nitrogens is 3. The van der Waals surface area contributed by atoms with Crippen molar-refractivity contribution in [2.75, 3.05) is 6.54 Å². The molecule has 2 aliphatic rings. The molecule has 2 atom stereocenters. The maximum atomic E-state index is 4.24. The Morgan fingerprint density at radius 3 is 2.93 bits per heavy atom. The van der Waals surface area contributed by atoms with Crippen molar-refractivity contribution in [3.05, 3.63) is 12.2 Å². The van der Waals surface area contributed by atoms with Crippen LogP contribution in [0.4, 0.5) is 0 Å². The Morgan fingerprint density at radius 2 is 2.27 bits per heavy atom. The van der Waals surface area contributed by atoms with Gasteiger partial charge in [0.15, 0.2) is 0 Å². The van der Waals surface area contributed by atoms with Crippen LogP contribution in [0.25, 0.3) is 0 Å². The Balaban J connectivity index is 1.73. The molecule has 4 heteroatoms. The summed E-state index contributed by atoms with van der Waals surface area (Å²) in [5.41, 5.74) is 0. The summed E-state index contributed by atoms with van der Waals surface area (Å²) in [5.74, 6) is 2.73. The van der Waals surface area contributed by atoms with Crippen molar-refractivity contribution in [1.82, 2.24) is 20.1 Å². The number of aryl methyl sites for hydroxylation is 1. The fourth-order valence-corrected chi connectivity index (χ4v) is 2.70. The summed E-state index contributed by atoms with van der Waals surface area (Å²) < 4.78 is 2.07. The van der Waals surface area contributed by atoms with Gasteiger partial charge in [0.25, 0.3) is 0 Å². The van der Waals surface area contributed by atoms with Crippen LogP contribution in [0.1, 0.15) is 37.4 Å². The van der Waals surface area contributed by atoms with Gasteiger partial charge in [-0.1, -0.05) is 0 Å². The third-order valence-electron chi connectivity index (χ3n) is 3.74. The minimum absolute atomic E-state index is 0.615. The van der Waals surface area contributed by atoms with Crippen LogP contribution in [0.3, 0.4) is 0 Å². The molecule has 0 unspecified atom stereocenters. The average molecular weight is 206 g/mol. The highest BCUT2D eigenvalue weighted by Crippen LogP contribution is 2.39. The lowest BCUT2D eigenvalue weighted by Crippen LogP contribution is -2.39. The normalized spacial score (nSPS) is 31.8. The molecule has 0 radical (unpaired) electrons. The van der Waals surface area contributed by atoms with Gasteiger partial charge in [0, 0.05) is 19.0 Å². The monoisotopic (exact) mass is 206 g/mol. The SMILES string of the molecule is Cn1cnnc1[C@@H]1CCN[C@H](C2CC2)C1. The van der Waals surface area contributed by atoms with Crippen LogP contribution >= 0.6 is 0 Å². The maximum Gasteiger partial charge on any atom is 0.135 e. The van der Waals surface area contributed by atoms with Crippen LogP contribution in [0.15, 0.2) is 6.33 Å². The van der Waals surface area contributed by atoms with Gasteiger partial charge in [-0.3, -0.25) is 0 Å². The first kappa shape index (κ1) is 9.33. The largest absolute Gasteiger partial charge is 0.320 e. The summed E-state index contributed by atoms with van der Waals surface area (Å²) >= 11 is 0. The van der Waals surface area contributed by atoms with Gasteiger partial charge in [-0.2, -0.15) is 0 Å². The summed E-state index contributed by atoms with van der Waals surface area (Å²) in [6.07, 6.45) is 7.10. The molecular weight excluding hydrogens is 188 g/mol. The Morgan fingerprint density at radius 1 is 1.40 bits per heavy atom. The second-order valence-electron chi connectivity index (χ2n) is 4.92. The van der Waals surface area contributed by atoms with E-state index in [1.807, 2.05) is 13.4 Å². The van der Waals surface area contributed by atoms with Crippen molar-refractivity contribution in [3.63, 3.8) is 0 Å². The number of nitrogens with zero attached hydrogens (tertiary/aromatic N) is 3. The van der Waals surface area contributed by atoms with Crippen LogP contribution in [-0.2, 0) is 7.05 Å². The molecule has 1 aliphatic heterocycles. The Hall–Kier alpha value is -0.900. The molecule has 1 aromatic heterocycles. The average Bonchev–Trinajstić information content (AvgIpc) is 3.02. The molecule has 2 heterocycles. The minimum Gasteiger partial charge on any atom is -0.320 e. The second-order valence-corrected chi connectivity index (χ2v) is 4.92. The van der Waals surface area contributed by atoms with Crippen molar-refractivity contribution in [1.29, 1.82) is 0 Å².